The normalized spacial score (nSPS) is 15.2. The maximum Gasteiger partial charge on any atom is 0.289 e. The second-order valence-electron chi connectivity index (χ2n) is 8.06. The van der Waals surface area contributed by atoms with Crippen LogP contribution in [0.3, 0.4) is 0 Å². The lowest BCUT2D eigenvalue weighted by atomic mass is 9.88. The van der Waals surface area contributed by atoms with Gasteiger partial charge in [-0.15, -0.1) is 0 Å². The van der Waals surface area contributed by atoms with Gasteiger partial charge in [0, 0.05) is 38.9 Å². The lowest BCUT2D eigenvalue weighted by molar-refractivity contribution is -0.124. The second-order valence-corrected chi connectivity index (χ2v) is 8.06. The molecule has 2 aromatic rings. The minimum Gasteiger partial charge on any atom is -0.459 e. The first kappa shape index (κ1) is 23.5. The van der Waals surface area contributed by atoms with Crippen LogP contribution in [0, 0.1) is 12.8 Å². The number of carbonyl (C=O) groups excluding carboxylic acids is 3. The van der Waals surface area contributed by atoms with Crippen LogP contribution in [-0.2, 0) is 9.53 Å². The van der Waals surface area contributed by atoms with E-state index in [1.807, 2.05) is 19.1 Å². The highest BCUT2D eigenvalue weighted by atomic mass is 16.5. The van der Waals surface area contributed by atoms with Gasteiger partial charge in [-0.05, 0) is 56.4 Å². The molecule has 3 rings (SSSR count). The number of aryl methyl sites for hydroxylation is 1. The van der Waals surface area contributed by atoms with Crippen LogP contribution in [0.25, 0.3) is 0 Å². The minimum absolute atomic E-state index is 0.0764. The van der Waals surface area contributed by atoms with E-state index < -0.39 is 6.04 Å². The van der Waals surface area contributed by atoms with Crippen LogP contribution in [0.1, 0.15) is 45.7 Å². The van der Waals surface area contributed by atoms with E-state index in [4.69, 9.17) is 9.15 Å². The summed E-state index contributed by atoms with van der Waals surface area (Å²) in [7, 11) is 1.62. The third-order valence-electron chi connectivity index (χ3n) is 5.74. The van der Waals surface area contributed by atoms with Crippen molar-refractivity contribution in [2.24, 2.45) is 5.92 Å². The number of furan rings is 1. The number of hydrogen-bond donors (Lipinski definition) is 2. The standard InChI is InChI=1S/C24H31N3O5/c1-17-6-8-19(9-7-17)22(28)26-21(23(29)25-12-4-15-31-2)18-10-13-27(14-11-18)24(30)20-5-3-16-32-20/h3,5-9,16,18,21H,4,10-15H2,1-2H3,(H,25,29)(H,26,28). The van der Waals surface area contributed by atoms with Crippen molar-refractivity contribution in [3.63, 3.8) is 0 Å². The lowest BCUT2D eigenvalue weighted by Gasteiger charge is -2.35. The fourth-order valence-electron chi connectivity index (χ4n) is 3.86. The van der Waals surface area contributed by atoms with E-state index in [1.54, 1.807) is 36.3 Å². The number of nitrogens with one attached hydrogen (secondary N) is 2. The summed E-state index contributed by atoms with van der Waals surface area (Å²) in [6.07, 6.45) is 3.38. The fraction of sp³-hybridized carbons (Fsp3) is 0.458. The molecule has 8 nitrogen and oxygen atoms in total. The van der Waals surface area contributed by atoms with Crippen LogP contribution in [0.15, 0.2) is 47.1 Å². The summed E-state index contributed by atoms with van der Waals surface area (Å²) in [6, 6.07) is 9.90. The van der Waals surface area contributed by atoms with Gasteiger partial charge in [-0.25, -0.2) is 0 Å². The molecule has 1 aromatic heterocycles. The van der Waals surface area contributed by atoms with Gasteiger partial charge in [0.15, 0.2) is 5.76 Å². The first-order valence-electron chi connectivity index (χ1n) is 11.0. The highest BCUT2D eigenvalue weighted by Crippen LogP contribution is 2.23. The van der Waals surface area contributed by atoms with E-state index in [-0.39, 0.29) is 23.6 Å². The molecule has 1 unspecified atom stereocenters. The van der Waals surface area contributed by atoms with Crippen LogP contribution in [0.5, 0.6) is 0 Å². The predicted molar refractivity (Wildman–Crippen MR) is 119 cm³/mol. The van der Waals surface area contributed by atoms with Crippen LogP contribution in [0.2, 0.25) is 0 Å². The molecule has 0 saturated carbocycles. The van der Waals surface area contributed by atoms with Crippen LogP contribution >= 0.6 is 0 Å². The summed E-state index contributed by atoms with van der Waals surface area (Å²) in [4.78, 5) is 40.1. The van der Waals surface area contributed by atoms with Crippen molar-refractivity contribution in [2.45, 2.75) is 32.2 Å². The number of likely N-dealkylation sites (tertiary alicyclic amines) is 1. The maximum absolute atomic E-state index is 13.0. The number of piperidine rings is 1. The van der Waals surface area contributed by atoms with Crippen molar-refractivity contribution in [2.75, 3.05) is 33.4 Å². The van der Waals surface area contributed by atoms with Crippen LogP contribution < -0.4 is 10.6 Å². The van der Waals surface area contributed by atoms with Crippen LogP contribution in [0.4, 0.5) is 0 Å². The molecule has 1 aliphatic rings. The Morgan fingerprint density at radius 1 is 1.16 bits per heavy atom. The van der Waals surface area contributed by atoms with E-state index in [0.717, 1.165) is 5.56 Å². The molecule has 0 bridgehead atoms. The van der Waals surface area contributed by atoms with E-state index in [0.29, 0.717) is 56.8 Å². The van der Waals surface area contributed by atoms with Crippen molar-refractivity contribution in [1.29, 1.82) is 0 Å². The van der Waals surface area contributed by atoms with Crippen molar-refractivity contribution in [3.05, 3.63) is 59.5 Å². The first-order chi connectivity index (χ1) is 15.5. The van der Waals surface area contributed by atoms with Gasteiger partial charge in [0.05, 0.1) is 6.26 Å². The molecule has 1 fully saturated rings. The number of amides is 3. The van der Waals surface area contributed by atoms with Crippen LogP contribution in [-0.4, -0.2) is 62.0 Å². The Morgan fingerprint density at radius 3 is 2.50 bits per heavy atom. The summed E-state index contributed by atoms with van der Waals surface area (Å²) in [5.41, 5.74) is 1.57. The highest BCUT2D eigenvalue weighted by Gasteiger charge is 2.34. The van der Waals surface area contributed by atoms with Gasteiger partial charge in [-0.3, -0.25) is 14.4 Å². The van der Waals surface area contributed by atoms with Gasteiger partial charge in [0.1, 0.15) is 6.04 Å². The Labute approximate surface area is 188 Å². The molecule has 1 saturated heterocycles. The Bertz CT molecular complexity index is 887. The zero-order chi connectivity index (χ0) is 22.9. The Kier molecular flexibility index (Phi) is 8.44. The molecule has 2 N–H and O–H groups in total. The topological polar surface area (TPSA) is 101 Å². The van der Waals surface area contributed by atoms with Gasteiger partial charge in [0.25, 0.3) is 11.8 Å². The summed E-state index contributed by atoms with van der Waals surface area (Å²) in [6.45, 7) is 3.97. The van der Waals surface area contributed by atoms with Gasteiger partial charge in [0.2, 0.25) is 5.91 Å². The van der Waals surface area contributed by atoms with Crippen molar-refractivity contribution in [3.8, 4) is 0 Å². The molecule has 0 aliphatic carbocycles. The number of ether oxygens (including phenoxy) is 1. The average molecular weight is 442 g/mol. The minimum atomic E-state index is -0.674. The van der Waals surface area contributed by atoms with Crippen molar-refractivity contribution in [1.82, 2.24) is 15.5 Å². The number of carbonyl (C=O) groups is 3. The summed E-state index contributed by atoms with van der Waals surface area (Å²) < 4.78 is 10.2. The number of benzene rings is 1. The Morgan fingerprint density at radius 2 is 1.88 bits per heavy atom. The maximum atomic E-state index is 13.0. The van der Waals surface area contributed by atoms with E-state index in [9.17, 15) is 14.4 Å². The largest absolute Gasteiger partial charge is 0.459 e. The summed E-state index contributed by atoms with van der Waals surface area (Å²) in [5, 5.41) is 5.84. The van der Waals surface area contributed by atoms with Gasteiger partial charge in [-0.1, -0.05) is 17.7 Å². The van der Waals surface area contributed by atoms with Crippen molar-refractivity contribution < 1.29 is 23.5 Å². The molecular formula is C24H31N3O5. The summed E-state index contributed by atoms with van der Waals surface area (Å²) >= 11 is 0. The van der Waals surface area contributed by atoms with Gasteiger partial charge in [-0.2, -0.15) is 0 Å². The zero-order valence-electron chi connectivity index (χ0n) is 18.6. The van der Waals surface area contributed by atoms with E-state index >= 15 is 0 Å². The second kappa shape index (κ2) is 11.5. The molecule has 0 spiro atoms. The zero-order valence-corrected chi connectivity index (χ0v) is 18.6. The smallest absolute Gasteiger partial charge is 0.289 e. The quantitative estimate of drug-likeness (QED) is 0.582. The molecule has 2 heterocycles. The molecule has 3 amide bonds. The summed E-state index contributed by atoms with van der Waals surface area (Å²) in [5.74, 6) is -0.415. The van der Waals surface area contributed by atoms with Gasteiger partial charge >= 0.3 is 0 Å². The van der Waals surface area contributed by atoms with E-state index in [2.05, 4.69) is 10.6 Å². The molecule has 8 heteroatoms. The Hall–Kier alpha value is -3.13. The molecule has 172 valence electrons. The number of hydrogen-bond acceptors (Lipinski definition) is 5. The molecule has 1 aliphatic heterocycles. The number of nitrogens with zero attached hydrogens (tertiary/aromatic N) is 1. The number of rotatable bonds is 9. The fourth-order valence-corrected chi connectivity index (χ4v) is 3.86. The molecule has 1 aromatic carbocycles. The Balaban J connectivity index is 1.65. The predicted octanol–water partition coefficient (Wildman–Crippen LogP) is 2.39. The average Bonchev–Trinajstić information content (AvgIpc) is 3.35. The van der Waals surface area contributed by atoms with E-state index in [1.165, 1.54) is 6.26 Å². The highest BCUT2D eigenvalue weighted by molar-refractivity contribution is 5.97. The lowest BCUT2D eigenvalue weighted by Crippen LogP contribution is -2.54. The number of methoxy groups -OCH3 is 1. The van der Waals surface area contributed by atoms with Gasteiger partial charge < -0.3 is 24.7 Å². The molecular weight excluding hydrogens is 410 g/mol. The third kappa shape index (κ3) is 6.20. The molecule has 32 heavy (non-hydrogen) atoms. The van der Waals surface area contributed by atoms with Crippen molar-refractivity contribution >= 4 is 17.7 Å². The third-order valence-corrected chi connectivity index (χ3v) is 5.74. The SMILES string of the molecule is COCCCNC(=O)C(NC(=O)c1ccc(C)cc1)C1CCN(C(=O)c2ccco2)CC1. The molecule has 0 radical (unpaired) electrons. The first-order valence-corrected chi connectivity index (χ1v) is 11.0. The molecule has 1 atom stereocenters. The monoisotopic (exact) mass is 441 g/mol.